The number of benzene rings is 2. The SMILES string of the molecule is Cc1ncnc(C(=O)N2CCC3(CC2)C[C@@H](C)c2c3c(=O)n3nc(Br)nc3n2CC(=O)Nc2ccc(C(F)(F)F)cc2Cl)c1OCc1ccccc1. The number of halogens is 5. The number of anilines is 1. The van der Waals surface area contributed by atoms with Crippen molar-refractivity contribution < 1.29 is 27.5 Å². The van der Waals surface area contributed by atoms with Crippen LogP contribution in [-0.4, -0.2) is 58.9 Å². The number of likely N-dealkylation sites (tertiary alicyclic amines) is 1. The molecule has 1 aliphatic heterocycles. The molecule has 1 atom stereocenters. The minimum atomic E-state index is -4.60. The Labute approximate surface area is 308 Å². The molecule has 52 heavy (non-hydrogen) atoms. The highest BCUT2D eigenvalue weighted by molar-refractivity contribution is 9.10. The Balaban J connectivity index is 1.15. The van der Waals surface area contributed by atoms with Gasteiger partial charge in [0.1, 0.15) is 19.5 Å². The van der Waals surface area contributed by atoms with Gasteiger partial charge in [0.15, 0.2) is 11.4 Å². The molecule has 270 valence electrons. The number of aromatic nitrogens is 6. The quantitative estimate of drug-likeness (QED) is 0.202. The molecular weight excluding hydrogens is 769 g/mol. The minimum Gasteiger partial charge on any atom is -0.485 e. The zero-order valence-electron chi connectivity index (χ0n) is 27.9. The molecule has 1 aliphatic carbocycles. The van der Waals surface area contributed by atoms with Crippen LogP contribution < -0.4 is 15.6 Å². The molecule has 0 bridgehead atoms. The molecule has 17 heteroatoms. The summed E-state index contributed by atoms with van der Waals surface area (Å²) in [6, 6.07) is 12.2. The summed E-state index contributed by atoms with van der Waals surface area (Å²) in [4.78, 5) is 56.1. The Bertz CT molecular complexity index is 2270. The fraction of sp³-hybridized carbons (Fsp3) is 0.343. The van der Waals surface area contributed by atoms with Crippen LogP contribution in [0.2, 0.25) is 5.02 Å². The van der Waals surface area contributed by atoms with Gasteiger partial charge >= 0.3 is 6.18 Å². The normalized spacial score (nSPS) is 16.7. The van der Waals surface area contributed by atoms with Crippen LogP contribution >= 0.6 is 27.5 Å². The van der Waals surface area contributed by atoms with E-state index < -0.39 is 23.1 Å². The summed E-state index contributed by atoms with van der Waals surface area (Å²) in [5.74, 6) is -0.637. The van der Waals surface area contributed by atoms with Gasteiger partial charge in [-0.05, 0) is 71.8 Å². The fourth-order valence-electron chi connectivity index (χ4n) is 7.38. The molecule has 2 aliphatic rings. The Morgan fingerprint density at radius 2 is 1.85 bits per heavy atom. The van der Waals surface area contributed by atoms with Crippen LogP contribution in [0.3, 0.4) is 0 Å². The van der Waals surface area contributed by atoms with Gasteiger partial charge in [0.2, 0.25) is 16.4 Å². The van der Waals surface area contributed by atoms with Crippen LogP contribution in [0, 0.1) is 6.92 Å². The third-order valence-corrected chi connectivity index (χ3v) is 10.4. The smallest absolute Gasteiger partial charge is 0.416 e. The number of fused-ring (bicyclic) bond motifs is 3. The molecule has 0 saturated carbocycles. The minimum absolute atomic E-state index is 0.00471. The first-order valence-corrected chi connectivity index (χ1v) is 17.6. The first-order valence-electron chi connectivity index (χ1n) is 16.4. The fourth-order valence-corrected chi connectivity index (χ4v) is 7.93. The van der Waals surface area contributed by atoms with Crippen LogP contribution in [0.5, 0.6) is 5.75 Å². The maximum Gasteiger partial charge on any atom is 0.416 e. The molecule has 0 unspecified atom stereocenters. The molecular formula is C35H31BrClF3N8O4. The second-order valence-corrected chi connectivity index (χ2v) is 14.2. The van der Waals surface area contributed by atoms with E-state index >= 15 is 0 Å². The Morgan fingerprint density at radius 1 is 1.12 bits per heavy atom. The summed E-state index contributed by atoms with van der Waals surface area (Å²) in [6.07, 6.45) is -1.75. The topological polar surface area (TPSA) is 137 Å². The molecule has 1 fully saturated rings. The molecule has 1 N–H and O–H groups in total. The van der Waals surface area contributed by atoms with Crippen LogP contribution in [0.1, 0.15) is 70.7 Å². The van der Waals surface area contributed by atoms with Crippen molar-refractivity contribution in [1.29, 1.82) is 0 Å². The largest absolute Gasteiger partial charge is 0.485 e. The summed E-state index contributed by atoms with van der Waals surface area (Å²) in [7, 11) is 0. The number of carbonyl (C=O) groups excluding carboxylic acids is 2. The van der Waals surface area contributed by atoms with Crippen molar-refractivity contribution in [2.45, 2.75) is 63.8 Å². The van der Waals surface area contributed by atoms with E-state index in [9.17, 15) is 27.6 Å². The van der Waals surface area contributed by atoms with E-state index in [0.29, 0.717) is 55.1 Å². The van der Waals surface area contributed by atoms with Gasteiger partial charge in [0.05, 0.1) is 22.0 Å². The lowest BCUT2D eigenvalue weighted by molar-refractivity contribution is -0.137. The molecule has 0 radical (unpaired) electrons. The van der Waals surface area contributed by atoms with E-state index in [1.54, 1.807) is 16.4 Å². The second kappa shape index (κ2) is 13.6. The van der Waals surface area contributed by atoms with Crippen LogP contribution in [0.15, 0.2) is 64.4 Å². The van der Waals surface area contributed by atoms with E-state index in [-0.39, 0.29) is 57.5 Å². The Kier molecular flexibility index (Phi) is 9.31. The van der Waals surface area contributed by atoms with Crippen molar-refractivity contribution in [1.82, 2.24) is 34.0 Å². The zero-order valence-corrected chi connectivity index (χ0v) is 30.2. The van der Waals surface area contributed by atoms with E-state index in [2.05, 4.69) is 41.3 Å². The van der Waals surface area contributed by atoms with Crippen molar-refractivity contribution in [3.8, 4) is 5.75 Å². The number of nitrogens with zero attached hydrogens (tertiary/aromatic N) is 7. The predicted molar refractivity (Wildman–Crippen MR) is 187 cm³/mol. The monoisotopic (exact) mass is 798 g/mol. The van der Waals surface area contributed by atoms with Gasteiger partial charge < -0.3 is 19.5 Å². The molecule has 1 saturated heterocycles. The van der Waals surface area contributed by atoms with E-state index in [4.69, 9.17) is 16.3 Å². The van der Waals surface area contributed by atoms with Crippen molar-refractivity contribution in [3.05, 3.63) is 109 Å². The molecule has 4 heterocycles. The lowest BCUT2D eigenvalue weighted by Gasteiger charge is -2.39. The first kappa shape index (κ1) is 35.6. The number of ether oxygens (including phenoxy) is 1. The van der Waals surface area contributed by atoms with Gasteiger partial charge in [-0.1, -0.05) is 48.9 Å². The van der Waals surface area contributed by atoms with Crippen LogP contribution in [-0.2, 0) is 29.5 Å². The van der Waals surface area contributed by atoms with E-state index in [0.717, 1.165) is 28.3 Å². The standard InChI is InChI=1S/C35H31BrClF3N8O4/c1-19-15-34(10-12-46(13-11-34)31(51)27-29(20(2)41-18-42-27)52-17-21-6-4-3-5-7-21)26-28(19)47(33-44-32(36)45-48(33)30(26)50)16-25(49)43-24-9-8-22(14-23(24)37)35(38,39)40/h3-9,14,18-19H,10-13,15-17H2,1-2H3,(H,43,49)/t19-/m1/s1. The average molecular weight is 800 g/mol. The summed E-state index contributed by atoms with van der Waals surface area (Å²) in [6.45, 7) is 4.30. The summed E-state index contributed by atoms with van der Waals surface area (Å²) < 4.78 is 48.5. The molecule has 12 nitrogen and oxygen atoms in total. The number of hydrogen-bond donors (Lipinski definition) is 1. The van der Waals surface area contributed by atoms with Crippen molar-refractivity contribution in [3.63, 3.8) is 0 Å². The number of alkyl halides is 3. The highest BCUT2D eigenvalue weighted by atomic mass is 79.9. The molecule has 3 aromatic heterocycles. The summed E-state index contributed by atoms with van der Waals surface area (Å²) in [5.41, 5.74) is 0.819. The lowest BCUT2D eigenvalue weighted by atomic mass is 9.73. The number of nitrogens with one attached hydrogen (secondary N) is 1. The number of amides is 2. The third-order valence-electron chi connectivity index (χ3n) is 9.74. The van der Waals surface area contributed by atoms with Crippen molar-refractivity contribution in [2.24, 2.45) is 0 Å². The number of carbonyl (C=O) groups is 2. The zero-order chi connectivity index (χ0) is 36.9. The first-order chi connectivity index (χ1) is 24.8. The van der Waals surface area contributed by atoms with Gasteiger partial charge in [-0.25, -0.2) is 9.97 Å². The van der Waals surface area contributed by atoms with Gasteiger partial charge in [-0.15, -0.1) is 5.10 Å². The number of hydrogen-bond acceptors (Lipinski definition) is 8. The van der Waals surface area contributed by atoms with Gasteiger partial charge in [0, 0.05) is 29.8 Å². The van der Waals surface area contributed by atoms with Crippen molar-refractivity contribution in [2.75, 3.05) is 18.4 Å². The molecule has 1 spiro atoms. The highest BCUT2D eigenvalue weighted by Crippen LogP contribution is 2.50. The number of rotatable bonds is 7. The number of aryl methyl sites for hydroxylation is 1. The molecule has 7 rings (SSSR count). The summed E-state index contributed by atoms with van der Waals surface area (Å²) in [5, 5.41) is 6.59. The molecule has 5 aromatic rings. The third kappa shape index (κ3) is 6.53. The molecule has 2 aromatic carbocycles. The van der Waals surface area contributed by atoms with E-state index in [1.807, 2.05) is 37.3 Å². The lowest BCUT2D eigenvalue weighted by Crippen LogP contribution is -2.47. The van der Waals surface area contributed by atoms with Gasteiger partial charge in [-0.3, -0.25) is 14.4 Å². The van der Waals surface area contributed by atoms with Crippen LogP contribution in [0.4, 0.5) is 18.9 Å². The second-order valence-electron chi connectivity index (χ2n) is 13.1. The predicted octanol–water partition coefficient (Wildman–Crippen LogP) is 6.32. The van der Waals surface area contributed by atoms with Crippen LogP contribution in [0.25, 0.3) is 5.78 Å². The maximum absolute atomic E-state index is 14.1. The maximum atomic E-state index is 14.1. The molecule has 2 amide bonds. The summed E-state index contributed by atoms with van der Waals surface area (Å²) >= 11 is 9.36. The Morgan fingerprint density at radius 3 is 2.54 bits per heavy atom. The highest BCUT2D eigenvalue weighted by Gasteiger charge is 2.49. The van der Waals surface area contributed by atoms with Gasteiger partial charge in [-0.2, -0.15) is 22.7 Å². The Hall–Kier alpha value is -4.83. The number of piperidine rings is 1. The van der Waals surface area contributed by atoms with E-state index in [1.165, 1.54) is 6.33 Å². The average Bonchev–Trinajstić information content (AvgIpc) is 3.64. The van der Waals surface area contributed by atoms with Gasteiger partial charge in [0.25, 0.3) is 11.5 Å². The van der Waals surface area contributed by atoms with Crippen molar-refractivity contribution >= 4 is 50.8 Å².